The van der Waals surface area contributed by atoms with Crippen molar-refractivity contribution in [1.29, 1.82) is 0 Å². The van der Waals surface area contributed by atoms with Gasteiger partial charge in [-0.25, -0.2) is 0 Å². The Bertz CT molecular complexity index is 234. The van der Waals surface area contributed by atoms with Crippen molar-refractivity contribution in [3.05, 3.63) is 0 Å². The molecule has 1 heteroatoms. The van der Waals surface area contributed by atoms with Gasteiger partial charge in [0.25, 0.3) is 0 Å². The van der Waals surface area contributed by atoms with E-state index in [-0.39, 0.29) is 0 Å². The zero-order chi connectivity index (χ0) is 8.47. The summed E-state index contributed by atoms with van der Waals surface area (Å²) >= 11 is 0. The molecule has 0 aromatic heterocycles. The Labute approximate surface area is 79.8 Å². The first kappa shape index (κ1) is 7.28. The van der Waals surface area contributed by atoms with Crippen LogP contribution < -0.4 is 0 Å². The molecule has 0 amide bonds. The largest absolute Gasteiger partial charge is 0.375 e. The number of hydrogen-bond donors (Lipinski definition) is 0. The fourth-order valence-corrected chi connectivity index (χ4v) is 5.18. The van der Waals surface area contributed by atoms with Gasteiger partial charge >= 0.3 is 0 Å². The van der Waals surface area contributed by atoms with E-state index in [1.54, 1.807) is 12.8 Å². The van der Waals surface area contributed by atoms with E-state index in [2.05, 4.69) is 0 Å². The van der Waals surface area contributed by atoms with Gasteiger partial charge in [0.1, 0.15) is 0 Å². The Morgan fingerprint density at radius 3 is 2.54 bits per heavy atom. The highest BCUT2D eigenvalue weighted by molar-refractivity contribution is 5.09. The van der Waals surface area contributed by atoms with Gasteiger partial charge in [-0.1, -0.05) is 0 Å². The Kier molecular flexibility index (Phi) is 1.19. The van der Waals surface area contributed by atoms with Crippen molar-refractivity contribution < 1.29 is 4.74 Å². The van der Waals surface area contributed by atoms with E-state index < -0.39 is 0 Å². The lowest BCUT2D eigenvalue weighted by atomic mass is 9.50. The van der Waals surface area contributed by atoms with Gasteiger partial charge in [0.05, 0.1) is 5.60 Å². The lowest BCUT2D eigenvalue weighted by molar-refractivity contribution is -0.156. The predicted octanol–water partition coefficient (Wildman–Crippen LogP) is 2.60. The maximum atomic E-state index is 6.12. The summed E-state index contributed by atoms with van der Waals surface area (Å²) in [5, 5.41) is 0. The smallest absolute Gasteiger partial charge is 0.0719 e. The molecule has 5 fully saturated rings. The van der Waals surface area contributed by atoms with Crippen LogP contribution in [0.3, 0.4) is 0 Å². The first-order valence-corrected chi connectivity index (χ1v) is 6.00. The highest BCUT2D eigenvalue weighted by atomic mass is 16.5. The zero-order valence-electron chi connectivity index (χ0n) is 8.17. The average Bonchev–Trinajstić information content (AvgIpc) is 2.46. The molecule has 13 heavy (non-hydrogen) atoms. The average molecular weight is 178 g/mol. The molecular weight excluding hydrogens is 160 g/mol. The van der Waals surface area contributed by atoms with Gasteiger partial charge in [0.15, 0.2) is 0 Å². The first-order valence-electron chi connectivity index (χ1n) is 6.00. The molecule has 1 aliphatic heterocycles. The molecule has 1 saturated heterocycles. The van der Waals surface area contributed by atoms with E-state index in [0.29, 0.717) is 5.60 Å². The number of hydrogen-bond acceptors (Lipinski definition) is 1. The molecule has 4 bridgehead atoms. The van der Waals surface area contributed by atoms with Gasteiger partial charge in [0.2, 0.25) is 0 Å². The number of ether oxygens (including phenoxy) is 1. The van der Waals surface area contributed by atoms with Crippen LogP contribution in [0.25, 0.3) is 0 Å². The summed E-state index contributed by atoms with van der Waals surface area (Å²) in [7, 11) is 0. The molecule has 1 heterocycles. The minimum Gasteiger partial charge on any atom is -0.375 e. The van der Waals surface area contributed by atoms with Crippen molar-refractivity contribution in [2.24, 2.45) is 23.7 Å². The topological polar surface area (TPSA) is 9.23 Å². The van der Waals surface area contributed by atoms with Gasteiger partial charge in [-0.3, -0.25) is 0 Å². The third-order valence-corrected chi connectivity index (χ3v) is 5.27. The zero-order valence-corrected chi connectivity index (χ0v) is 8.17. The Balaban J connectivity index is 1.80. The van der Waals surface area contributed by atoms with E-state index in [1.807, 2.05) is 0 Å². The lowest BCUT2D eigenvalue weighted by Crippen LogP contribution is -2.55. The maximum Gasteiger partial charge on any atom is 0.0719 e. The molecule has 0 aromatic carbocycles. The molecule has 4 saturated carbocycles. The second kappa shape index (κ2) is 2.13. The third-order valence-electron chi connectivity index (χ3n) is 5.27. The van der Waals surface area contributed by atoms with Gasteiger partial charge < -0.3 is 4.74 Å². The van der Waals surface area contributed by atoms with E-state index >= 15 is 0 Å². The molecule has 4 aliphatic carbocycles. The summed E-state index contributed by atoms with van der Waals surface area (Å²) in [6, 6.07) is 0. The Morgan fingerprint density at radius 2 is 1.77 bits per heavy atom. The van der Waals surface area contributed by atoms with Crippen LogP contribution in [0, 0.1) is 23.7 Å². The van der Waals surface area contributed by atoms with Crippen LogP contribution in [0.1, 0.15) is 38.5 Å². The Morgan fingerprint density at radius 1 is 1.00 bits per heavy atom. The second-order valence-corrected chi connectivity index (χ2v) is 5.92. The van der Waals surface area contributed by atoms with Crippen molar-refractivity contribution in [2.75, 3.05) is 6.61 Å². The minimum atomic E-state index is 0.411. The monoisotopic (exact) mass is 178 g/mol. The highest BCUT2D eigenvalue weighted by Gasteiger charge is 2.59. The van der Waals surface area contributed by atoms with Crippen molar-refractivity contribution in [3.63, 3.8) is 0 Å². The molecule has 0 N–H and O–H groups in total. The highest BCUT2D eigenvalue weighted by Crippen LogP contribution is 2.62. The SMILES string of the molecule is C1CC2C3CC4CC(C3)CC2(C4)O1. The molecule has 0 aromatic rings. The summed E-state index contributed by atoms with van der Waals surface area (Å²) in [5.41, 5.74) is 0.411. The molecular formula is C12H18O. The molecule has 3 atom stereocenters. The van der Waals surface area contributed by atoms with Gasteiger partial charge in [-0.2, -0.15) is 0 Å². The second-order valence-electron chi connectivity index (χ2n) is 5.92. The molecule has 5 aliphatic rings. The normalized spacial score (nSPS) is 62.8. The van der Waals surface area contributed by atoms with Gasteiger partial charge in [0, 0.05) is 6.61 Å². The summed E-state index contributed by atoms with van der Waals surface area (Å²) < 4.78 is 6.12. The van der Waals surface area contributed by atoms with Crippen molar-refractivity contribution in [2.45, 2.75) is 44.1 Å². The van der Waals surface area contributed by atoms with Crippen LogP contribution in [-0.2, 0) is 4.74 Å². The lowest BCUT2D eigenvalue weighted by Gasteiger charge is -2.58. The van der Waals surface area contributed by atoms with Crippen LogP contribution in [0.5, 0.6) is 0 Å². The van der Waals surface area contributed by atoms with Gasteiger partial charge in [-0.15, -0.1) is 0 Å². The van der Waals surface area contributed by atoms with E-state index in [1.165, 1.54) is 25.7 Å². The third kappa shape index (κ3) is 0.782. The number of rotatable bonds is 0. The molecule has 1 nitrogen and oxygen atoms in total. The van der Waals surface area contributed by atoms with Crippen LogP contribution in [0.4, 0.5) is 0 Å². The van der Waals surface area contributed by atoms with Crippen molar-refractivity contribution in [1.82, 2.24) is 0 Å². The van der Waals surface area contributed by atoms with Crippen molar-refractivity contribution in [3.8, 4) is 0 Å². The van der Waals surface area contributed by atoms with Crippen LogP contribution >= 0.6 is 0 Å². The first-order chi connectivity index (χ1) is 6.36. The summed E-state index contributed by atoms with van der Waals surface area (Å²) in [6.07, 6.45) is 8.85. The molecule has 0 radical (unpaired) electrons. The fourth-order valence-electron chi connectivity index (χ4n) is 5.18. The Hall–Kier alpha value is -0.0400. The fraction of sp³-hybridized carbons (Fsp3) is 1.00. The molecule has 1 spiro atoms. The van der Waals surface area contributed by atoms with Crippen molar-refractivity contribution >= 4 is 0 Å². The van der Waals surface area contributed by atoms with E-state index in [4.69, 9.17) is 4.74 Å². The quantitative estimate of drug-likeness (QED) is 0.554. The standard InChI is InChI=1S/C12H18O/c1-2-13-12-6-8-3-9(7-12)5-10(4-8)11(1)12/h8-11H,1-7H2. The van der Waals surface area contributed by atoms with Crippen LogP contribution in [0.2, 0.25) is 0 Å². The maximum absolute atomic E-state index is 6.12. The van der Waals surface area contributed by atoms with E-state index in [9.17, 15) is 0 Å². The van der Waals surface area contributed by atoms with Crippen LogP contribution in [0.15, 0.2) is 0 Å². The summed E-state index contributed by atoms with van der Waals surface area (Å²) in [4.78, 5) is 0. The minimum absolute atomic E-state index is 0.411. The molecule has 3 unspecified atom stereocenters. The summed E-state index contributed by atoms with van der Waals surface area (Å²) in [6.45, 7) is 1.07. The predicted molar refractivity (Wildman–Crippen MR) is 50.3 cm³/mol. The van der Waals surface area contributed by atoms with Gasteiger partial charge in [-0.05, 0) is 62.2 Å². The van der Waals surface area contributed by atoms with E-state index in [0.717, 1.165) is 30.3 Å². The molecule has 72 valence electrons. The van der Waals surface area contributed by atoms with Crippen LogP contribution in [-0.4, -0.2) is 12.2 Å². The summed E-state index contributed by atoms with van der Waals surface area (Å²) in [5.74, 6) is 4.13. The molecule has 5 rings (SSSR count).